The Hall–Kier alpha value is -1.35. The number of hydrogen-bond donors (Lipinski definition) is 3. The largest absolute Gasteiger partial charge is 0.490 e. The summed E-state index contributed by atoms with van der Waals surface area (Å²) in [6, 6.07) is 0.474. The molecule has 4 N–H and O–H groups in total. The summed E-state index contributed by atoms with van der Waals surface area (Å²) in [4.78, 5) is 23.9. The van der Waals surface area contributed by atoms with E-state index in [1.54, 1.807) is 0 Å². The fraction of sp³-hybridized carbons (Fsp3) is 0.913. The van der Waals surface area contributed by atoms with Crippen molar-refractivity contribution in [2.75, 3.05) is 19.6 Å². The van der Waals surface area contributed by atoms with Crippen molar-refractivity contribution in [3.8, 4) is 0 Å². The molecule has 32 heavy (non-hydrogen) atoms. The molecule has 0 radical (unpaired) electrons. The summed E-state index contributed by atoms with van der Waals surface area (Å²) in [6.45, 7) is 4.44. The summed E-state index contributed by atoms with van der Waals surface area (Å²) < 4.78 is 31.7. The van der Waals surface area contributed by atoms with Crippen molar-refractivity contribution in [3.05, 3.63) is 0 Å². The molecule has 1 amide bonds. The highest BCUT2D eigenvalue weighted by atomic mass is 19.4. The standard InChI is InChI=1S/C21H41N3O.C2HF3O2/c1-18(23-20-13-6-3-7-14-20)21(25)24(17-9-15-22)16-8-12-19-10-4-2-5-11-19;3-2(4,5)1(6)7/h18-20,23H,2-17,22H2,1H3;(H,6,7)/t18-;/m1./s1. The Labute approximate surface area is 190 Å². The summed E-state index contributed by atoms with van der Waals surface area (Å²) in [5.74, 6) is -1.58. The van der Waals surface area contributed by atoms with E-state index >= 15 is 0 Å². The Bertz CT molecular complexity index is 534. The second-order valence-electron chi connectivity index (χ2n) is 9.14. The number of halogens is 3. The zero-order chi connectivity index (χ0) is 24.0. The van der Waals surface area contributed by atoms with Gasteiger partial charge in [-0.25, -0.2) is 4.79 Å². The minimum Gasteiger partial charge on any atom is -0.475 e. The van der Waals surface area contributed by atoms with Crippen molar-refractivity contribution in [2.24, 2.45) is 11.7 Å². The lowest BCUT2D eigenvalue weighted by molar-refractivity contribution is -0.192. The van der Waals surface area contributed by atoms with Gasteiger partial charge in [0.05, 0.1) is 6.04 Å². The van der Waals surface area contributed by atoms with Crippen molar-refractivity contribution in [2.45, 2.75) is 109 Å². The molecule has 0 aromatic heterocycles. The number of hydrogen-bond acceptors (Lipinski definition) is 4. The molecule has 6 nitrogen and oxygen atoms in total. The van der Waals surface area contributed by atoms with Crippen LogP contribution in [0.5, 0.6) is 0 Å². The number of aliphatic carboxylic acids is 1. The summed E-state index contributed by atoms with van der Waals surface area (Å²) in [5, 5.41) is 10.7. The van der Waals surface area contributed by atoms with Gasteiger partial charge in [0.25, 0.3) is 0 Å². The molecule has 0 saturated heterocycles. The monoisotopic (exact) mass is 465 g/mol. The number of carbonyl (C=O) groups excluding carboxylic acids is 1. The molecular formula is C23H42F3N3O3. The predicted molar refractivity (Wildman–Crippen MR) is 119 cm³/mol. The van der Waals surface area contributed by atoms with E-state index in [4.69, 9.17) is 15.6 Å². The Morgan fingerprint density at radius 2 is 1.50 bits per heavy atom. The molecule has 2 saturated carbocycles. The van der Waals surface area contributed by atoms with Crippen molar-refractivity contribution in [1.82, 2.24) is 10.2 Å². The van der Waals surface area contributed by atoms with Crippen molar-refractivity contribution in [1.29, 1.82) is 0 Å². The van der Waals surface area contributed by atoms with Crippen LogP contribution in [-0.4, -0.2) is 59.8 Å². The van der Waals surface area contributed by atoms with Crippen molar-refractivity contribution >= 4 is 11.9 Å². The number of carboxylic acid groups (broad SMARTS) is 1. The topological polar surface area (TPSA) is 95.7 Å². The number of alkyl halides is 3. The van der Waals surface area contributed by atoms with Gasteiger partial charge >= 0.3 is 12.1 Å². The molecule has 0 aromatic carbocycles. The first-order chi connectivity index (χ1) is 15.1. The highest BCUT2D eigenvalue weighted by molar-refractivity contribution is 5.81. The van der Waals surface area contributed by atoms with Gasteiger partial charge in [-0.15, -0.1) is 0 Å². The van der Waals surface area contributed by atoms with Gasteiger partial charge in [-0.2, -0.15) is 13.2 Å². The molecule has 0 heterocycles. The van der Waals surface area contributed by atoms with E-state index in [0.29, 0.717) is 12.6 Å². The third-order valence-corrected chi connectivity index (χ3v) is 6.41. The number of nitrogens with one attached hydrogen (secondary N) is 1. The average molecular weight is 466 g/mol. The normalized spacial score (nSPS) is 19.0. The smallest absolute Gasteiger partial charge is 0.475 e. The SMILES string of the molecule is C[C@@H](NC1CCCCC1)C(=O)N(CCCN)CCCC1CCCCC1.O=C(O)C(F)(F)F. The zero-order valence-electron chi connectivity index (χ0n) is 19.5. The average Bonchev–Trinajstić information content (AvgIpc) is 2.77. The van der Waals surface area contributed by atoms with Crippen LogP contribution in [0.3, 0.4) is 0 Å². The molecule has 0 spiro atoms. The Kier molecular flexibility index (Phi) is 13.9. The maximum absolute atomic E-state index is 12.9. The first-order valence-electron chi connectivity index (χ1n) is 12.2. The van der Waals surface area contributed by atoms with Gasteiger partial charge in [0.15, 0.2) is 0 Å². The molecule has 2 rings (SSSR count). The molecule has 1 atom stereocenters. The molecule has 188 valence electrons. The van der Waals surface area contributed by atoms with Crippen LogP contribution in [0.25, 0.3) is 0 Å². The molecule has 9 heteroatoms. The lowest BCUT2D eigenvalue weighted by Crippen LogP contribution is -2.49. The number of rotatable bonds is 10. The van der Waals surface area contributed by atoms with E-state index in [0.717, 1.165) is 31.8 Å². The lowest BCUT2D eigenvalue weighted by atomic mass is 9.86. The molecule has 0 bridgehead atoms. The quantitative estimate of drug-likeness (QED) is 0.442. The van der Waals surface area contributed by atoms with Crippen LogP contribution >= 0.6 is 0 Å². The molecule has 0 aliphatic heterocycles. The van der Waals surface area contributed by atoms with Gasteiger partial charge in [-0.05, 0) is 51.5 Å². The Balaban J connectivity index is 0.000000633. The van der Waals surface area contributed by atoms with Crippen LogP contribution in [0.2, 0.25) is 0 Å². The molecule has 0 aromatic rings. The van der Waals surface area contributed by atoms with Crippen LogP contribution in [-0.2, 0) is 9.59 Å². The highest BCUT2D eigenvalue weighted by Crippen LogP contribution is 2.27. The summed E-state index contributed by atoms with van der Waals surface area (Å²) >= 11 is 0. The van der Waals surface area contributed by atoms with Crippen LogP contribution in [0, 0.1) is 5.92 Å². The van der Waals surface area contributed by atoms with E-state index in [9.17, 15) is 18.0 Å². The number of amides is 1. The fourth-order valence-corrected chi connectivity index (χ4v) is 4.63. The molecular weight excluding hydrogens is 423 g/mol. The van der Waals surface area contributed by atoms with Crippen LogP contribution in [0.1, 0.15) is 90.4 Å². The summed E-state index contributed by atoms with van der Waals surface area (Å²) in [6.07, 6.45) is 11.7. The molecule has 2 aliphatic rings. The minimum atomic E-state index is -5.08. The van der Waals surface area contributed by atoms with Crippen LogP contribution < -0.4 is 11.1 Å². The molecule has 2 aliphatic carbocycles. The van der Waals surface area contributed by atoms with E-state index in [1.807, 2.05) is 6.92 Å². The van der Waals surface area contributed by atoms with Crippen LogP contribution in [0.15, 0.2) is 0 Å². The maximum atomic E-state index is 12.9. The molecule has 0 unspecified atom stereocenters. The van der Waals surface area contributed by atoms with Gasteiger partial charge in [0.1, 0.15) is 0 Å². The van der Waals surface area contributed by atoms with Crippen molar-refractivity contribution in [3.63, 3.8) is 0 Å². The van der Waals surface area contributed by atoms with E-state index in [2.05, 4.69) is 10.2 Å². The molecule has 2 fully saturated rings. The number of nitrogens with two attached hydrogens (primary N) is 1. The van der Waals surface area contributed by atoms with Crippen LogP contribution in [0.4, 0.5) is 13.2 Å². The third-order valence-electron chi connectivity index (χ3n) is 6.41. The zero-order valence-corrected chi connectivity index (χ0v) is 19.5. The van der Waals surface area contributed by atoms with Gasteiger partial charge in [0.2, 0.25) is 5.91 Å². The van der Waals surface area contributed by atoms with Crippen molar-refractivity contribution < 1.29 is 27.9 Å². The van der Waals surface area contributed by atoms with E-state index < -0.39 is 12.1 Å². The second kappa shape index (κ2) is 15.5. The number of carbonyl (C=O) groups is 2. The first-order valence-corrected chi connectivity index (χ1v) is 12.2. The van der Waals surface area contributed by atoms with Gasteiger partial charge in [-0.3, -0.25) is 4.79 Å². The van der Waals surface area contributed by atoms with E-state index in [1.165, 1.54) is 70.6 Å². The predicted octanol–water partition coefficient (Wildman–Crippen LogP) is 4.47. The van der Waals surface area contributed by atoms with E-state index in [-0.39, 0.29) is 11.9 Å². The van der Waals surface area contributed by atoms with Gasteiger partial charge in [-0.1, -0.05) is 51.4 Å². The summed E-state index contributed by atoms with van der Waals surface area (Å²) in [5.41, 5.74) is 5.69. The Morgan fingerprint density at radius 3 is 2.00 bits per heavy atom. The summed E-state index contributed by atoms with van der Waals surface area (Å²) in [7, 11) is 0. The lowest BCUT2D eigenvalue weighted by Gasteiger charge is -2.31. The third kappa shape index (κ3) is 12.0. The second-order valence-corrected chi connectivity index (χ2v) is 9.14. The maximum Gasteiger partial charge on any atom is 0.490 e. The number of nitrogens with zero attached hydrogens (tertiary/aromatic N) is 1. The number of carboxylic acids is 1. The Morgan fingerprint density at radius 1 is 1.00 bits per heavy atom. The van der Waals surface area contributed by atoms with Gasteiger partial charge in [0, 0.05) is 19.1 Å². The fourth-order valence-electron chi connectivity index (χ4n) is 4.63. The first kappa shape index (κ1) is 28.7. The van der Waals surface area contributed by atoms with Gasteiger partial charge < -0.3 is 21.1 Å². The highest BCUT2D eigenvalue weighted by Gasteiger charge is 2.38. The minimum absolute atomic E-state index is 0.0597.